The van der Waals surface area contributed by atoms with Crippen LogP contribution in [0.5, 0.6) is 0 Å². The third-order valence-electron chi connectivity index (χ3n) is 2.57. The lowest BCUT2D eigenvalue weighted by molar-refractivity contribution is -0.143. The largest absolute Gasteiger partial charge is 0.467 e. The molecule has 100 valence electrons. The second-order valence-electron chi connectivity index (χ2n) is 3.82. The number of carbonyl (C=O) groups is 2. The number of aliphatic hydroxyl groups excluding tert-OH is 1. The van der Waals surface area contributed by atoms with Crippen LogP contribution >= 0.6 is 0 Å². The van der Waals surface area contributed by atoms with Gasteiger partial charge in [0.2, 0.25) is 0 Å². The number of hydrogen-bond acceptors (Lipinski definition) is 5. The molecule has 0 aliphatic heterocycles. The van der Waals surface area contributed by atoms with Gasteiger partial charge in [-0.2, -0.15) is 0 Å². The minimum Gasteiger partial charge on any atom is -0.467 e. The van der Waals surface area contributed by atoms with Crippen LogP contribution in [-0.2, 0) is 9.53 Å². The van der Waals surface area contributed by atoms with E-state index in [1.54, 1.807) is 28.8 Å². The SMILES string of the molecule is COC(=O)C(CO)NC(=O)c1cn2ccccc2n1. The molecule has 7 nitrogen and oxygen atoms in total. The number of nitrogens with one attached hydrogen (secondary N) is 1. The number of aromatic nitrogens is 2. The summed E-state index contributed by atoms with van der Waals surface area (Å²) < 4.78 is 6.14. The van der Waals surface area contributed by atoms with Crippen molar-refractivity contribution in [2.45, 2.75) is 6.04 Å². The minimum atomic E-state index is -1.10. The molecule has 2 N–H and O–H groups in total. The van der Waals surface area contributed by atoms with E-state index in [9.17, 15) is 9.59 Å². The Kier molecular flexibility index (Phi) is 3.76. The average molecular weight is 263 g/mol. The highest BCUT2D eigenvalue weighted by Crippen LogP contribution is 2.04. The predicted molar refractivity (Wildman–Crippen MR) is 65.5 cm³/mol. The molecule has 7 heteroatoms. The van der Waals surface area contributed by atoms with Crippen molar-refractivity contribution in [2.75, 3.05) is 13.7 Å². The maximum absolute atomic E-state index is 11.9. The van der Waals surface area contributed by atoms with Crippen molar-refractivity contribution in [3.63, 3.8) is 0 Å². The molecule has 2 aromatic rings. The van der Waals surface area contributed by atoms with Crippen LogP contribution in [0, 0.1) is 0 Å². The highest BCUT2D eigenvalue weighted by Gasteiger charge is 2.22. The van der Waals surface area contributed by atoms with Crippen molar-refractivity contribution in [3.8, 4) is 0 Å². The third kappa shape index (κ3) is 2.71. The van der Waals surface area contributed by atoms with E-state index in [0.29, 0.717) is 5.65 Å². The van der Waals surface area contributed by atoms with Gasteiger partial charge < -0.3 is 19.6 Å². The monoisotopic (exact) mass is 263 g/mol. The first-order valence-electron chi connectivity index (χ1n) is 5.59. The Hall–Kier alpha value is -2.41. The Balaban J connectivity index is 2.17. The maximum Gasteiger partial charge on any atom is 0.330 e. The van der Waals surface area contributed by atoms with Crippen LogP contribution in [0.3, 0.4) is 0 Å². The molecule has 0 bridgehead atoms. The molecule has 0 spiro atoms. The first kappa shape index (κ1) is 13.0. The number of nitrogens with zero attached hydrogens (tertiary/aromatic N) is 2. The molecule has 0 aliphatic rings. The van der Waals surface area contributed by atoms with Gasteiger partial charge in [-0.15, -0.1) is 0 Å². The molecule has 0 fully saturated rings. The Morgan fingerprint density at radius 3 is 2.95 bits per heavy atom. The highest BCUT2D eigenvalue weighted by molar-refractivity contribution is 5.95. The molecule has 0 saturated heterocycles. The number of methoxy groups -OCH3 is 1. The molecular weight excluding hydrogens is 250 g/mol. The van der Waals surface area contributed by atoms with E-state index in [2.05, 4.69) is 15.0 Å². The van der Waals surface area contributed by atoms with Crippen LogP contribution in [-0.4, -0.2) is 46.1 Å². The lowest BCUT2D eigenvalue weighted by Crippen LogP contribution is -2.44. The van der Waals surface area contributed by atoms with E-state index >= 15 is 0 Å². The van der Waals surface area contributed by atoms with Gasteiger partial charge >= 0.3 is 5.97 Å². The number of imidazole rings is 1. The van der Waals surface area contributed by atoms with Crippen molar-refractivity contribution < 1.29 is 19.4 Å². The van der Waals surface area contributed by atoms with Crippen molar-refractivity contribution in [2.24, 2.45) is 0 Å². The Morgan fingerprint density at radius 1 is 1.53 bits per heavy atom. The predicted octanol–water partition coefficient (Wildman–Crippen LogP) is -0.402. The van der Waals surface area contributed by atoms with Crippen LogP contribution < -0.4 is 5.32 Å². The number of hydrogen-bond donors (Lipinski definition) is 2. The van der Waals surface area contributed by atoms with Gasteiger partial charge in [0.25, 0.3) is 5.91 Å². The second kappa shape index (κ2) is 5.49. The normalized spacial score (nSPS) is 12.1. The van der Waals surface area contributed by atoms with Gasteiger partial charge in [-0.25, -0.2) is 9.78 Å². The Labute approximate surface area is 108 Å². The lowest BCUT2D eigenvalue weighted by Gasteiger charge is -2.12. The summed E-state index contributed by atoms with van der Waals surface area (Å²) in [5.41, 5.74) is 0.778. The van der Waals surface area contributed by atoms with Crippen LogP contribution in [0.4, 0.5) is 0 Å². The second-order valence-corrected chi connectivity index (χ2v) is 3.82. The van der Waals surface area contributed by atoms with E-state index in [1.807, 2.05) is 0 Å². The number of carbonyl (C=O) groups excluding carboxylic acids is 2. The summed E-state index contributed by atoms with van der Waals surface area (Å²) in [6, 6.07) is 4.26. The van der Waals surface area contributed by atoms with Crippen LogP contribution in [0.25, 0.3) is 5.65 Å². The van der Waals surface area contributed by atoms with Gasteiger partial charge in [-0.05, 0) is 12.1 Å². The van der Waals surface area contributed by atoms with Crippen LogP contribution in [0.2, 0.25) is 0 Å². The van der Waals surface area contributed by atoms with Crippen molar-refractivity contribution >= 4 is 17.5 Å². The number of pyridine rings is 1. The Morgan fingerprint density at radius 2 is 2.32 bits per heavy atom. The molecule has 0 radical (unpaired) electrons. The van der Waals surface area contributed by atoms with Gasteiger partial charge in [0, 0.05) is 12.4 Å². The first-order valence-corrected chi connectivity index (χ1v) is 5.59. The van der Waals surface area contributed by atoms with Crippen LogP contribution in [0.15, 0.2) is 30.6 Å². The summed E-state index contributed by atoms with van der Waals surface area (Å²) in [6.07, 6.45) is 3.29. The smallest absolute Gasteiger partial charge is 0.330 e. The molecule has 2 heterocycles. The molecule has 1 atom stereocenters. The zero-order valence-electron chi connectivity index (χ0n) is 10.2. The molecule has 2 aromatic heterocycles. The van der Waals surface area contributed by atoms with Gasteiger partial charge in [-0.1, -0.05) is 6.07 Å². The van der Waals surface area contributed by atoms with Gasteiger partial charge in [0.15, 0.2) is 6.04 Å². The number of amides is 1. The molecule has 0 saturated carbocycles. The fraction of sp³-hybridized carbons (Fsp3) is 0.250. The molecule has 19 heavy (non-hydrogen) atoms. The van der Waals surface area contributed by atoms with E-state index in [4.69, 9.17) is 5.11 Å². The number of esters is 1. The van der Waals surface area contributed by atoms with E-state index in [0.717, 1.165) is 0 Å². The van der Waals surface area contributed by atoms with Crippen molar-refractivity contribution in [3.05, 3.63) is 36.3 Å². The molecule has 1 unspecified atom stereocenters. The number of ether oxygens (including phenoxy) is 1. The minimum absolute atomic E-state index is 0.161. The maximum atomic E-state index is 11.9. The average Bonchev–Trinajstić information content (AvgIpc) is 2.87. The zero-order valence-corrected chi connectivity index (χ0v) is 10.2. The van der Waals surface area contributed by atoms with E-state index in [-0.39, 0.29) is 5.69 Å². The zero-order chi connectivity index (χ0) is 13.8. The number of rotatable bonds is 4. The van der Waals surface area contributed by atoms with E-state index < -0.39 is 24.5 Å². The van der Waals surface area contributed by atoms with Crippen molar-refractivity contribution in [1.82, 2.24) is 14.7 Å². The fourth-order valence-electron chi connectivity index (χ4n) is 1.60. The summed E-state index contributed by atoms with van der Waals surface area (Å²) in [5.74, 6) is -1.26. The van der Waals surface area contributed by atoms with E-state index in [1.165, 1.54) is 13.3 Å². The summed E-state index contributed by atoms with van der Waals surface area (Å²) in [5, 5.41) is 11.4. The fourth-order valence-corrected chi connectivity index (χ4v) is 1.60. The summed E-state index contributed by atoms with van der Waals surface area (Å²) in [7, 11) is 1.18. The van der Waals surface area contributed by atoms with Crippen molar-refractivity contribution in [1.29, 1.82) is 0 Å². The quantitative estimate of drug-likeness (QED) is 0.732. The molecule has 2 rings (SSSR count). The highest BCUT2D eigenvalue weighted by atomic mass is 16.5. The summed E-state index contributed by atoms with van der Waals surface area (Å²) in [4.78, 5) is 27.3. The molecule has 0 aromatic carbocycles. The number of aliphatic hydroxyl groups is 1. The topological polar surface area (TPSA) is 92.9 Å². The lowest BCUT2D eigenvalue weighted by atomic mass is 10.3. The molecular formula is C12H13N3O4. The first-order chi connectivity index (χ1) is 9.15. The van der Waals surface area contributed by atoms with Gasteiger partial charge in [0.05, 0.1) is 13.7 Å². The van der Waals surface area contributed by atoms with Crippen LogP contribution in [0.1, 0.15) is 10.5 Å². The molecule has 1 amide bonds. The third-order valence-corrected chi connectivity index (χ3v) is 2.57. The van der Waals surface area contributed by atoms with Gasteiger partial charge in [0.1, 0.15) is 11.3 Å². The number of fused-ring (bicyclic) bond motifs is 1. The molecule has 0 aliphatic carbocycles. The standard InChI is InChI=1S/C12H13N3O4/c1-19-12(18)9(7-16)14-11(17)8-6-15-5-3-2-4-10(15)13-8/h2-6,9,16H,7H2,1H3,(H,14,17). The summed E-state index contributed by atoms with van der Waals surface area (Å²) >= 11 is 0. The van der Waals surface area contributed by atoms with Gasteiger partial charge in [-0.3, -0.25) is 4.79 Å². The Bertz CT molecular complexity index is 575. The summed E-state index contributed by atoms with van der Waals surface area (Å²) in [6.45, 7) is -0.536.